The van der Waals surface area contributed by atoms with Gasteiger partial charge in [0.15, 0.2) is 5.82 Å². The van der Waals surface area contributed by atoms with E-state index in [9.17, 15) is 14.3 Å². The minimum absolute atomic E-state index is 0.233. The lowest BCUT2D eigenvalue weighted by Gasteiger charge is -2.30. The van der Waals surface area contributed by atoms with Gasteiger partial charge in [0.25, 0.3) is 5.91 Å². The van der Waals surface area contributed by atoms with Crippen molar-refractivity contribution in [2.75, 3.05) is 28.6 Å². The number of aryl methyl sites for hydroxylation is 2. The number of amides is 1. The highest BCUT2D eigenvalue weighted by molar-refractivity contribution is 6.03. The first-order valence-electron chi connectivity index (χ1n) is 11.0. The minimum Gasteiger partial charge on any atom is -0.507 e. The van der Waals surface area contributed by atoms with Crippen LogP contribution in [0.25, 0.3) is 0 Å². The zero-order chi connectivity index (χ0) is 23.5. The number of hydrogen-bond acceptors (Lipinski definition) is 6. The molecule has 0 atom stereocenters. The van der Waals surface area contributed by atoms with Crippen molar-refractivity contribution in [1.29, 1.82) is 0 Å². The lowest BCUT2D eigenvalue weighted by atomic mass is 10.1. The first-order chi connectivity index (χ1) is 15.8. The van der Waals surface area contributed by atoms with E-state index < -0.39 is 12.1 Å². The molecule has 2 heterocycles. The molecule has 0 saturated carbocycles. The van der Waals surface area contributed by atoms with E-state index in [0.29, 0.717) is 44.1 Å². The number of nitrogens with two attached hydrogens (primary N) is 1. The number of carbonyl (C=O) groups excluding carboxylic acids is 1. The molecule has 1 aromatic heterocycles. The average molecular weight is 453 g/mol. The van der Waals surface area contributed by atoms with Gasteiger partial charge in [-0.25, -0.2) is 4.39 Å². The van der Waals surface area contributed by atoms with Gasteiger partial charge in [0.2, 0.25) is 0 Å². The Hall–Kier alpha value is -3.75. The van der Waals surface area contributed by atoms with Gasteiger partial charge in [0, 0.05) is 31.0 Å². The van der Waals surface area contributed by atoms with Crippen molar-refractivity contribution in [3.63, 3.8) is 0 Å². The number of anilines is 4. The second-order valence-electron chi connectivity index (χ2n) is 8.45. The predicted molar refractivity (Wildman–Crippen MR) is 128 cm³/mol. The monoisotopic (exact) mass is 452 g/mol. The van der Waals surface area contributed by atoms with Crippen molar-refractivity contribution in [2.45, 2.75) is 39.4 Å². The van der Waals surface area contributed by atoms with Crippen molar-refractivity contribution in [2.24, 2.45) is 5.73 Å². The maximum Gasteiger partial charge on any atom is 0.256 e. The summed E-state index contributed by atoms with van der Waals surface area (Å²) in [6.45, 7) is 5.50. The molecule has 33 heavy (non-hydrogen) atoms. The Morgan fingerprint density at radius 3 is 2.45 bits per heavy atom. The number of primary amides is 1. The van der Waals surface area contributed by atoms with Crippen molar-refractivity contribution in [1.82, 2.24) is 10.2 Å². The van der Waals surface area contributed by atoms with Crippen LogP contribution in [0, 0.1) is 13.8 Å². The highest BCUT2D eigenvalue weighted by Crippen LogP contribution is 2.28. The van der Waals surface area contributed by atoms with E-state index in [-0.39, 0.29) is 11.3 Å². The highest BCUT2D eigenvalue weighted by Gasteiger charge is 2.20. The van der Waals surface area contributed by atoms with Gasteiger partial charge in [-0.1, -0.05) is 12.1 Å². The van der Waals surface area contributed by atoms with Gasteiger partial charge in [-0.05, 0) is 67.6 Å². The number of benzene rings is 2. The van der Waals surface area contributed by atoms with E-state index in [1.165, 1.54) is 0 Å². The Labute approximate surface area is 192 Å². The maximum absolute atomic E-state index is 13.4. The number of hydrogen-bond donors (Lipinski definition) is 5. The summed E-state index contributed by atoms with van der Waals surface area (Å²) in [5.74, 6) is 0.409. The third kappa shape index (κ3) is 5.02. The molecule has 0 bridgehead atoms. The van der Waals surface area contributed by atoms with Gasteiger partial charge in [-0.3, -0.25) is 9.89 Å². The van der Waals surface area contributed by atoms with Crippen molar-refractivity contribution in [3.05, 3.63) is 58.7 Å². The van der Waals surface area contributed by atoms with Crippen LogP contribution in [0.15, 0.2) is 36.4 Å². The standard InChI is InChI=1S/C24H29FN6O2/c1-14-11-16(12-15(2)21(14)32)13-27-23-20(22(26)33)24(30-29-23)28-18-3-5-19(6-4-18)31-9-7-17(25)8-10-31/h3-6,11-12,17,32H,7-10,13H2,1-2H3,(H2,26,33)(H3,27,28,29,30). The molecule has 1 aliphatic rings. The number of nitrogens with zero attached hydrogens (tertiary/aromatic N) is 2. The summed E-state index contributed by atoms with van der Waals surface area (Å²) >= 11 is 0. The molecule has 8 nitrogen and oxygen atoms in total. The fourth-order valence-corrected chi connectivity index (χ4v) is 4.14. The first-order valence-corrected chi connectivity index (χ1v) is 11.0. The highest BCUT2D eigenvalue weighted by atomic mass is 19.1. The fourth-order valence-electron chi connectivity index (χ4n) is 4.14. The zero-order valence-electron chi connectivity index (χ0n) is 18.8. The van der Waals surface area contributed by atoms with E-state index in [2.05, 4.69) is 25.7 Å². The quantitative estimate of drug-likeness (QED) is 0.368. The van der Waals surface area contributed by atoms with Crippen LogP contribution in [0.2, 0.25) is 0 Å². The number of aromatic amines is 1. The smallest absolute Gasteiger partial charge is 0.256 e. The number of piperidine rings is 1. The maximum atomic E-state index is 13.4. The fraction of sp³-hybridized carbons (Fsp3) is 0.333. The first kappa shape index (κ1) is 22.4. The normalized spacial score (nSPS) is 14.3. The summed E-state index contributed by atoms with van der Waals surface area (Å²) < 4.78 is 13.4. The number of phenolic OH excluding ortho intramolecular Hbond substituents is 1. The summed E-state index contributed by atoms with van der Waals surface area (Å²) in [4.78, 5) is 14.3. The number of aromatic hydroxyl groups is 1. The summed E-state index contributed by atoms with van der Waals surface area (Å²) in [5.41, 5.74) is 10.2. The van der Waals surface area contributed by atoms with Gasteiger partial charge in [-0.2, -0.15) is 5.10 Å². The summed E-state index contributed by atoms with van der Waals surface area (Å²) in [6.07, 6.45) is 0.393. The van der Waals surface area contributed by atoms with Crippen LogP contribution >= 0.6 is 0 Å². The van der Waals surface area contributed by atoms with Crippen LogP contribution in [-0.4, -0.2) is 40.5 Å². The molecule has 1 amide bonds. The van der Waals surface area contributed by atoms with Gasteiger partial charge < -0.3 is 26.4 Å². The second kappa shape index (κ2) is 9.40. The molecule has 4 rings (SSSR count). The largest absolute Gasteiger partial charge is 0.507 e. The third-order valence-electron chi connectivity index (χ3n) is 5.95. The van der Waals surface area contributed by atoms with E-state index in [1.54, 1.807) is 0 Å². The number of nitrogens with one attached hydrogen (secondary N) is 3. The van der Waals surface area contributed by atoms with Gasteiger partial charge in [0.1, 0.15) is 23.3 Å². The summed E-state index contributed by atoms with van der Waals surface area (Å²) in [5, 5.41) is 23.3. The summed E-state index contributed by atoms with van der Waals surface area (Å²) in [6, 6.07) is 11.5. The molecule has 9 heteroatoms. The lowest BCUT2D eigenvalue weighted by molar-refractivity contribution is 0.100. The number of rotatable bonds is 7. The molecule has 174 valence electrons. The van der Waals surface area contributed by atoms with Crippen molar-refractivity contribution < 1.29 is 14.3 Å². The molecular formula is C24H29FN6O2. The zero-order valence-corrected chi connectivity index (χ0v) is 18.8. The lowest BCUT2D eigenvalue weighted by Crippen LogP contribution is -2.34. The van der Waals surface area contributed by atoms with Crippen molar-refractivity contribution in [3.8, 4) is 5.75 Å². The van der Waals surface area contributed by atoms with Crippen LogP contribution in [0.1, 0.15) is 39.9 Å². The molecule has 0 aliphatic carbocycles. The van der Waals surface area contributed by atoms with Crippen LogP contribution in [0.3, 0.4) is 0 Å². The van der Waals surface area contributed by atoms with Crippen LogP contribution in [0.5, 0.6) is 5.75 Å². The Morgan fingerprint density at radius 2 is 1.85 bits per heavy atom. The molecule has 1 aliphatic heterocycles. The average Bonchev–Trinajstić information content (AvgIpc) is 3.19. The van der Waals surface area contributed by atoms with Gasteiger partial charge >= 0.3 is 0 Å². The number of halogens is 1. The Balaban J connectivity index is 1.46. The summed E-state index contributed by atoms with van der Waals surface area (Å²) in [7, 11) is 0. The molecule has 1 saturated heterocycles. The number of alkyl halides is 1. The predicted octanol–water partition coefficient (Wildman–Crippen LogP) is 4.13. The second-order valence-corrected chi connectivity index (χ2v) is 8.45. The number of carbonyl (C=O) groups is 1. The van der Waals surface area contributed by atoms with Gasteiger partial charge in [0.05, 0.1) is 0 Å². The van der Waals surface area contributed by atoms with E-state index in [1.807, 2.05) is 50.2 Å². The molecule has 3 aromatic rings. The Morgan fingerprint density at radius 1 is 1.21 bits per heavy atom. The number of phenols is 1. The van der Waals surface area contributed by atoms with Crippen LogP contribution in [-0.2, 0) is 6.54 Å². The third-order valence-corrected chi connectivity index (χ3v) is 5.95. The molecule has 0 spiro atoms. The molecule has 6 N–H and O–H groups in total. The molecular weight excluding hydrogens is 423 g/mol. The SMILES string of the molecule is Cc1cc(CNc2n[nH]c(Nc3ccc(N4CCC(F)CC4)cc3)c2C(N)=O)cc(C)c1O. The van der Waals surface area contributed by atoms with Crippen LogP contribution < -0.4 is 21.3 Å². The minimum atomic E-state index is -0.709. The van der Waals surface area contributed by atoms with E-state index in [4.69, 9.17) is 5.73 Å². The molecule has 0 radical (unpaired) electrons. The van der Waals surface area contributed by atoms with E-state index in [0.717, 1.165) is 28.1 Å². The topological polar surface area (TPSA) is 119 Å². The molecule has 0 unspecified atom stereocenters. The Bertz CT molecular complexity index is 1110. The molecule has 1 fully saturated rings. The van der Waals surface area contributed by atoms with Crippen LogP contribution in [0.4, 0.5) is 27.4 Å². The Kier molecular flexibility index (Phi) is 6.39. The van der Waals surface area contributed by atoms with E-state index >= 15 is 0 Å². The van der Waals surface area contributed by atoms with Crippen molar-refractivity contribution >= 4 is 28.9 Å². The number of H-pyrrole nitrogens is 1. The molecule has 2 aromatic carbocycles. The van der Waals surface area contributed by atoms with Gasteiger partial charge in [-0.15, -0.1) is 0 Å². The number of aromatic nitrogens is 2.